The van der Waals surface area contributed by atoms with Gasteiger partial charge in [0.15, 0.2) is 0 Å². The molecule has 1 fully saturated rings. The Bertz CT molecular complexity index is 1260. The van der Waals surface area contributed by atoms with Gasteiger partial charge in [-0.2, -0.15) is 0 Å². The number of nitrogens with zero attached hydrogens (tertiary/aromatic N) is 1. The number of benzene rings is 3. The van der Waals surface area contributed by atoms with Crippen molar-refractivity contribution in [3.8, 4) is 5.75 Å². The SMILES string of the molecule is CN1CC[C@@H](Oc2cc(NS(=O)(=O)c3ccc(Sc4ccc(F)cc4)cc3Cl)ccc2Cl)C1. The van der Waals surface area contributed by atoms with Gasteiger partial charge in [-0.15, -0.1) is 0 Å². The number of nitrogens with one attached hydrogen (secondary N) is 1. The van der Waals surface area contributed by atoms with E-state index in [0.717, 1.165) is 29.3 Å². The Morgan fingerprint density at radius 2 is 1.76 bits per heavy atom. The first-order chi connectivity index (χ1) is 15.7. The minimum Gasteiger partial charge on any atom is -0.487 e. The minimum absolute atomic E-state index is 0.0000433. The van der Waals surface area contributed by atoms with E-state index in [-0.39, 0.29) is 21.8 Å². The zero-order valence-corrected chi connectivity index (χ0v) is 20.7. The third kappa shape index (κ3) is 6.13. The highest BCUT2D eigenvalue weighted by molar-refractivity contribution is 7.99. The third-order valence-electron chi connectivity index (χ3n) is 5.07. The van der Waals surface area contributed by atoms with Crippen molar-refractivity contribution in [1.82, 2.24) is 4.90 Å². The number of ether oxygens (including phenoxy) is 1. The second-order valence-electron chi connectivity index (χ2n) is 7.69. The van der Waals surface area contributed by atoms with Crippen molar-refractivity contribution >= 4 is 50.7 Å². The number of hydrogen-bond acceptors (Lipinski definition) is 5. The van der Waals surface area contributed by atoms with Gasteiger partial charge in [0.2, 0.25) is 0 Å². The molecule has 1 aliphatic rings. The van der Waals surface area contributed by atoms with Crippen LogP contribution in [0.4, 0.5) is 10.1 Å². The van der Waals surface area contributed by atoms with Crippen LogP contribution in [0.1, 0.15) is 6.42 Å². The summed E-state index contributed by atoms with van der Waals surface area (Å²) < 4.78 is 47.6. The highest BCUT2D eigenvalue weighted by Gasteiger charge is 2.23. The largest absolute Gasteiger partial charge is 0.487 e. The number of anilines is 1. The molecule has 0 saturated carbocycles. The molecule has 5 nitrogen and oxygen atoms in total. The lowest BCUT2D eigenvalue weighted by Crippen LogP contribution is -2.21. The van der Waals surface area contributed by atoms with Gasteiger partial charge in [0, 0.05) is 28.9 Å². The molecule has 33 heavy (non-hydrogen) atoms. The van der Waals surface area contributed by atoms with Crippen LogP contribution in [-0.4, -0.2) is 39.6 Å². The molecule has 3 aromatic rings. The van der Waals surface area contributed by atoms with E-state index in [1.807, 2.05) is 7.05 Å². The van der Waals surface area contributed by atoms with Crippen LogP contribution in [-0.2, 0) is 10.0 Å². The monoisotopic (exact) mass is 526 g/mol. The lowest BCUT2D eigenvalue weighted by Gasteiger charge is -2.16. The van der Waals surface area contributed by atoms with Crippen molar-refractivity contribution < 1.29 is 17.5 Å². The highest BCUT2D eigenvalue weighted by atomic mass is 35.5. The molecule has 174 valence electrons. The summed E-state index contributed by atoms with van der Waals surface area (Å²) in [5.74, 6) is 0.102. The molecule has 10 heteroatoms. The molecule has 0 unspecified atom stereocenters. The van der Waals surface area contributed by atoms with Gasteiger partial charge in [-0.3, -0.25) is 4.72 Å². The number of likely N-dealkylation sites (N-methyl/N-ethyl adjacent to an activating group) is 1. The minimum atomic E-state index is -3.95. The summed E-state index contributed by atoms with van der Waals surface area (Å²) in [5.41, 5.74) is 0.321. The van der Waals surface area contributed by atoms with E-state index in [1.54, 1.807) is 42.5 Å². The fourth-order valence-electron chi connectivity index (χ4n) is 3.44. The van der Waals surface area contributed by atoms with E-state index in [2.05, 4.69) is 9.62 Å². The first-order valence-corrected chi connectivity index (χ1v) is 13.2. The van der Waals surface area contributed by atoms with E-state index in [1.165, 1.54) is 30.0 Å². The molecule has 1 atom stereocenters. The van der Waals surface area contributed by atoms with Crippen LogP contribution in [0.5, 0.6) is 5.75 Å². The molecule has 3 aromatic carbocycles. The van der Waals surface area contributed by atoms with Crippen LogP contribution in [0.25, 0.3) is 0 Å². The highest BCUT2D eigenvalue weighted by Crippen LogP contribution is 2.34. The zero-order valence-electron chi connectivity index (χ0n) is 17.6. The molecule has 0 aromatic heterocycles. The van der Waals surface area contributed by atoms with Crippen molar-refractivity contribution in [2.75, 3.05) is 24.9 Å². The Balaban J connectivity index is 1.50. The average Bonchev–Trinajstić information content (AvgIpc) is 3.16. The summed E-state index contributed by atoms with van der Waals surface area (Å²) in [6, 6.07) is 15.4. The first-order valence-electron chi connectivity index (χ1n) is 10.1. The number of hydrogen-bond donors (Lipinski definition) is 1. The Labute approximate surface area is 206 Å². The normalized spacial score (nSPS) is 16.7. The van der Waals surface area contributed by atoms with Gasteiger partial charge in [-0.25, -0.2) is 12.8 Å². The number of sulfonamides is 1. The Hall–Kier alpha value is -1.97. The van der Waals surface area contributed by atoms with Crippen molar-refractivity contribution in [3.05, 3.63) is 76.5 Å². The molecule has 4 rings (SSSR count). The van der Waals surface area contributed by atoms with Crippen LogP contribution >= 0.6 is 35.0 Å². The summed E-state index contributed by atoms with van der Waals surface area (Å²) in [5, 5.41) is 0.488. The fraction of sp³-hybridized carbons (Fsp3) is 0.217. The summed E-state index contributed by atoms with van der Waals surface area (Å²) in [6.07, 6.45) is 0.876. The third-order valence-corrected chi connectivity index (χ3v) is 8.24. The van der Waals surface area contributed by atoms with E-state index >= 15 is 0 Å². The maximum atomic E-state index is 13.1. The molecular formula is C23H21Cl2FN2O3S2. The summed E-state index contributed by atoms with van der Waals surface area (Å²) in [7, 11) is -1.94. The standard InChI is InChI=1S/C23H21Cl2FN2O3S2/c1-28-11-10-17(14-28)31-22-12-16(4-8-20(22)24)27-33(29,30)23-9-7-19(13-21(23)25)32-18-5-2-15(26)3-6-18/h2-9,12-13,17,27H,10-11,14H2,1H3/t17-/m1/s1. The summed E-state index contributed by atoms with van der Waals surface area (Å²) in [6.45, 7) is 1.71. The molecule has 1 N–H and O–H groups in total. The summed E-state index contributed by atoms with van der Waals surface area (Å²) >= 11 is 13.9. The first kappa shape index (κ1) is 24.2. The Kier molecular flexibility index (Phi) is 7.40. The molecule has 0 radical (unpaired) electrons. The number of rotatable bonds is 7. The van der Waals surface area contributed by atoms with E-state index < -0.39 is 10.0 Å². The van der Waals surface area contributed by atoms with Crippen LogP contribution in [0.3, 0.4) is 0 Å². The molecular weight excluding hydrogens is 506 g/mol. The second kappa shape index (κ2) is 10.1. The van der Waals surface area contributed by atoms with Gasteiger partial charge < -0.3 is 9.64 Å². The number of halogens is 3. The Morgan fingerprint density at radius 3 is 2.42 bits per heavy atom. The lowest BCUT2D eigenvalue weighted by molar-refractivity contribution is 0.208. The molecule has 1 aliphatic heterocycles. The molecule has 0 bridgehead atoms. The van der Waals surface area contributed by atoms with E-state index in [4.69, 9.17) is 27.9 Å². The van der Waals surface area contributed by atoms with Gasteiger partial charge in [0.1, 0.15) is 22.6 Å². The predicted molar refractivity (Wildman–Crippen MR) is 131 cm³/mol. The van der Waals surface area contributed by atoms with Crippen LogP contribution < -0.4 is 9.46 Å². The van der Waals surface area contributed by atoms with Gasteiger partial charge in [-0.05, 0) is 68.1 Å². The van der Waals surface area contributed by atoms with Crippen molar-refractivity contribution in [2.24, 2.45) is 0 Å². The maximum Gasteiger partial charge on any atom is 0.263 e. The quantitative estimate of drug-likeness (QED) is 0.399. The fourth-order valence-corrected chi connectivity index (χ4v) is 6.12. The van der Waals surface area contributed by atoms with Gasteiger partial charge in [0.05, 0.1) is 15.7 Å². The van der Waals surface area contributed by atoms with Crippen molar-refractivity contribution in [1.29, 1.82) is 0 Å². The number of likely N-dealkylation sites (tertiary alicyclic amines) is 1. The summed E-state index contributed by atoms with van der Waals surface area (Å²) in [4.78, 5) is 3.64. The smallest absolute Gasteiger partial charge is 0.263 e. The molecule has 0 aliphatic carbocycles. The van der Waals surface area contributed by atoms with Gasteiger partial charge in [0.25, 0.3) is 10.0 Å². The predicted octanol–water partition coefficient (Wildman–Crippen LogP) is 6.17. The van der Waals surface area contributed by atoms with Gasteiger partial charge in [-0.1, -0.05) is 35.0 Å². The van der Waals surface area contributed by atoms with E-state index in [9.17, 15) is 12.8 Å². The zero-order chi connectivity index (χ0) is 23.6. The van der Waals surface area contributed by atoms with Gasteiger partial charge >= 0.3 is 0 Å². The maximum absolute atomic E-state index is 13.1. The van der Waals surface area contributed by atoms with Crippen LogP contribution in [0, 0.1) is 5.82 Å². The molecule has 0 spiro atoms. The van der Waals surface area contributed by atoms with Crippen LogP contribution in [0.2, 0.25) is 10.0 Å². The van der Waals surface area contributed by atoms with E-state index in [0.29, 0.717) is 16.5 Å². The van der Waals surface area contributed by atoms with Crippen LogP contribution in [0.15, 0.2) is 75.4 Å². The topological polar surface area (TPSA) is 58.6 Å². The lowest BCUT2D eigenvalue weighted by atomic mass is 10.3. The second-order valence-corrected chi connectivity index (χ2v) is 11.3. The van der Waals surface area contributed by atoms with Crippen molar-refractivity contribution in [2.45, 2.75) is 27.2 Å². The Morgan fingerprint density at radius 1 is 1.03 bits per heavy atom. The van der Waals surface area contributed by atoms with Crippen molar-refractivity contribution in [3.63, 3.8) is 0 Å². The molecule has 1 heterocycles. The average molecular weight is 527 g/mol. The molecule has 1 saturated heterocycles. The molecule has 0 amide bonds.